The maximum atomic E-state index is 10.8. The Bertz CT molecular complexity index is 172. The Balaban J connectivity index is 3.07. The molecule has 0 aromatic heterocycles. The lowest BCUT2D eigenvalue weighted by Gasteiger charge is -2.09. The minimum atomic E-state index is -0.346. The summed E-state index contributed by atoms with van der Waals surface area (Å²) in [6.45, 7) is 6.40. The Labute approximate surface area is 97.0 Å². The zero-order chi connectivity index (χ0) is 12.2. The molecule has 0 fully saturated rings. The third-order valence-electron chi connectivity index (χ3n) is 1.97. The molecule has 5 heteroatoms. The molecule has 0 saturated carbocycles. The zero-order valence-electron chi connectivity index (χ0n) is 10.4. The monoisotopic (exact) mass is 234 g/mol. The van der Waals surface area contributed by atoms with E-state index in [1.54, 1.807) is 14.0 Å². The minimum Gasteiger partial charge on any atom is -0.382 e. The van der Waals surface area contributed by atoms with Gasteiger partial charge in [0.15, 0.2) is 5.78 Å². The van der Waals surface area contributed by atoms with Crippen LogP contribution in [0, 0.1) is 0 Å². The van der Waals surface area contributed by atoms with Gasteiger partial charge in [-0.05, 0) is 13.8 Å². The number of hydrogen-bond donors (Lipinski definition) is 0. The molecule has 0 spiro atoms. The second-order valence-corrected chi connectivity index (χ2v) is 3.34. The summed E-state index contributed by atoms with van der Waals surface area (Å²) in [6, 6.07) is 0. The van der Waals surface area contributed by atoms with Crippen molar-refractivity contribution in [1.82, 2.24) is 0 Å². The Kier molecular flexibility index (Phi) is 10.7. The molecule has 1 unspecified atom stereocenters. The van der Waals surface area contributed by atoms with Crippen LogP contribution in [-0.2, 0) is 23.7 Å². The third kappa shape index (κ3) is 10.0. The van der Waals surface area contributed by atoms with Crippen LogP contribution in [0.15, 0.2) is 0 Å². The van der Waals surface area contributed by atoms with Gasteiger partial charge in [-0.2, -0.15) is 0 Å². The van der Waals surface area contributed by atoms with E-state index >= 15 is 0 Å². The number of carbonyl (C=O) groups is 1. The van der Waals surface area contributed by atoms with Crippen LogP contribution < -0.4 is 0 Å². The first-order chi connectivity index (χ1) is 7.68. The zero-order valence-corrected chi connectivity index (χ0v) is 10.4. The number of Topliss-reactive ketones (excluding diaryl/α,β-unsaturated/α-hetero) is 1. The summed E-state index contributed by atoms with van der Waals surface area (Å²) in [7, 11) is 1.63. The summed E-state index contributed by atoms with van der Waals surface area (Å²) in [5, 5.41) is 0. The number of carbonyl (C=O) groups excluding carboxylic acids is 1. The van der Waals surface area contributed by atoms with Gasteiger partial charge < -0.3 is 18.9 Å². The molecule has 0 aliphatic rings. The molecule has 0 N–H and O–H groups in total. The van der Waals surface area contributed by atoms with Crippen molar-refractivity contribution in [3.8, 4) is 0 Å². The van der Waals surface area contributed by atoms with Crippen LogP contribution in [-0.4, -0.2) is 58.6 Å². The average molecular weight is 234 g/mol. The SMILES string of the molecule is COCCOCCOCCOC(C)C(C)=O. The van der Waals surface area contributed by atoms with Crippen LogP contribution in [0.5, 0.6) is 0 Å². The summed E-state index contributed by atoms with van der Waals surface area (Å²) in [4.78, 5) is 10.8. The maximum absolute atomic E-state index is 10.8. The second kappa shape index (κ2) is 11.0. The Morgan fingerprint density at radius 2 is 1.50 bits per heavy atom. The van der Waals surface area contributed by atoms with Crippen molar-refractivity contribution in [1.29, 1.82) is 0 Å². The molecule has 96 valence electrons. The highest BCUT2D eigenvalue weighted by molar-refractivity contribution is 5.79. The third-order valence-corrected chi connectivity index (χ3v) is 1.97. The molecule has 0 amide bonds. The highest BCUT2D eigenvalue weighted by Gasteiger charge is 2.06. The molecule has 0 aromatic rings. The van der Waals surface area contributed by atoms with Crippen LogP contribution in [0.1, 0.15) is 13.8 Å². The minimum absolute atomic E-state index is 0.0305. The van der Waals surface area contributed by atoms with Gasteiger partial charge in [0.2, 0.25) is 0 Å². The highest BCUT2D eigenvalue weighted by Crippen LogP contribution is 1.91. The molecule has 0 bridgehead atoms. The van der Waals surface area contributed by atoms with Crippen LogP contribution in [0.25, 0.3) is 0 Å². The standard InChI is InChI=1S/C11H22O5/c1-10(12)11(2)16-9-8-15-7-6-14-5-4-13-3/h11H,4-9H2,1-3H3. The van der Waals surface area contributed by atoms with Gasteiger partial charge in [0.05, 0.1) is 39.6 Å². The maximum Gasteiger partial charge on any atom is 0.158 e. The van der Waals surface area contributed by atoms with Gasteiger partial charge in [0.1, 0.15) is 6.10 Å². The summed E-state index contributed by atoms with van der Waals surface area (Å²) >= 11 is 0. The Morgan fingerprint density at radius 3 is 2.00 bits per heavy atom. The first-order valence-corrected chi connectivity index (χ1v) is 5.45. The van der Waals surface area contributed by atoms with Gasteiger partial charge >= 0.3 is 0 Å². The smallest absolute Gasteiger partial charge is 0.158 e. The summed E-state index contributed by atoms with van der Waals surface area (Å²) in [5.41, 5.74) is 0. The molecule has 0 aromatic carbocycles. The Hall–Kier alpha value is -0.490. The van der Waals surface area contributed by atoms with Gasteiger partial charge in [-0.3, -0.25) is 4.79 Å². The first-order valence-electron chi connectivity index (χ1n) is 5.45. The fourth-order valence-electron chi connectivity index (χ4n) is 0.865. The van der Waals surface area contributed by atoms with E-state index in [2.05, 4.69) is 0 Å². The molecule has 1 atom stereocenters. The van der Waals surface area contributed by atoms with Gasteiger partial charge in [0.25, 0.3) is 0 Å². The van der Waals surface area contributed by atoms with E-state index in [1.807, 2.05) is 0 Å². The number of methoxy groups -OCH3 is 1. The fourth-order valence-corrected chi connectivity index (χ4v) is 0.865. The van der Waals surface area contributed by atoms with E-state index in [-0.39, 0.29) is 11.9 Å². The molecule has 0 radical (unpaired) electrons. The van der Waals surface area contributed by atoms with Crippen molar-refractivity contribution in [2.45, 2.75) is 20.0 Å². The van der Waals surface area contributed by atoms with Crippen LogP contribution in [0.4, 0.5) is 0 Å². The molecule has 5 nitrogen and oxygen atoms in total. The predicted molar refractivity (Wildman–Crippen MR) is 59.6 cm³/mol. The van der Waals surface area contributed by atoms with Crippen molar-refractivity contribution in [3.05, 3.63) is 0 Å². The number of rotatable bonds is 11. The van der Waals surface area contributed by atoms with Crippen molar-refractivity contribution < 1.29 is 23.7 Å². The topological polar surface area (TPSA) is 54.0 Å². The lowest BCUT2D eigenvalue weighted by atomic mass is 10.3. The van der Waals surface area contributed by atoms with E-state index in [9.17, 15) is 4.79 Å². The van der Waals surface area contributed by atoms with Gasteiger partial charge in [0, 0.05) is 7.11 Å². The number of ether oxygens (including phenoxy) is 4. The first kappa shape index (κ1) is 15.5. The lowest BCUT2D eigenvalue weighted by Crippen LogP contribution is -2.20. The normalized spacial score (nSPS) is 12.7. The largest absolute Gasteiger partial charge is 0.382 e. The molecular formula is C11H22O5. The molecule has 0 rings (SSSR count). The summed E-state index contributed by atoms with van der Waals surface area (Å²) in [5.74, 6) is 0.0305. The van der Waals surface area contributed by atoms with Crippen molar-refractivity contribution in [3.63, 3.8) is 0 Å². The van der Waals surface area contributed by atoms with Gasteiger partial charge in [-0.25, -0.2) is 0 Å². The van der Waals surface area contributed by atoms with E-state index in [0.29, 0.717) is 39.6 Å². The summed E-state index contributed by atoms with van der Waals surface area (Å²) < 4.78 is 20.5. The van der Waals surface area contributed by atoms with E-state index in [1.165, 1.54) is 6.92 Å². The molecule has 0 aliphatic carbocycles. The van der Waals surface area contributed by atoms with Crippen molar-refractivity contribution in [2.75, 3.05) is 46.8 Å². The average Bonchev–Trinajstić information content (AvgIpc) is 2.26. The predicted octanol–water partition coefficient (Wildman–Crippen LogP) is 0.660. The van der Waals surface area contributed by atoms with Crippen molar-refractivity contribution in [2.24, 2.45) is 0 Å². The van der Waals surface area contributed by atoms with E-state index in [4.69, 9.17) is 18.9 Å². The van der Waals surface area contributed by atoms with Crippen LogP contribution in [0.3, 0.4) is 0 Å². The molecule has 0 aliphatic heterocycles. The van der Waals surface area contributed by atoms with Crippen LogP contribution in [0.2, 0.25) is 0 Å². The number of ketones is 1. The fraction of sp³-hybridized carbons (Fsp3) is 0.909. The van der Waals surface area contributed by atoms with E-state index < -0.39 is 0 Å². The van der Waals surface area contributed by atoms with E-state index in [0.717, 1.165) is 0 Å². The van der Waals surface area contributed by atoms with Gasteiger partial charge in [-0.15, -0.1) is 0 Å². The molecule has 16 heavy (non-hydrogen) atoms. The Morgan fingerprint density at radius 1 is 1.00 bits per heavy atom. The highest BCUT2D eigenvalue weighted by atomic mass is 16.6. The quantitative estimate of drug-likeness (QED) is 0.492. The molecular weight excluding hydrogens is 212 g/mol. The van der Waals surface area contributed by atoms with Crippen molar-refractivity contribution >= 4 is 5.78 Å². The lowest BCUT2D eigenvalue weighted by molar-refractivity contribution is -0.128. The molecule has 0 saturated heterocycles. The summed E-state index contributed by atoms with van der Waals surface area (Å²) in [6.07, 6.45) is -0.346. The number of hydrogen-bond acceptors (Lipinski definition) is 5. The van der Waals surface area contributed by atoms with Gasteiger partial charge in [-0.1, -0.05) is 0 Å². The second-order valence-electron chi connectivity index (χ2n) is 3.34. The van der Waals surface area contributed by atoms with Crippen LogP contribution >= 0.6 is 0 Å². The molecule has 0 heterocycles.